The van der Waals surface area contributed by atoms with Crippen molar-refractivity contribution in [1.29, 1.82) is 0 Å². The summed E-state index contributed by atoms with van der Waals surface area (Å²) in [4.78, 5) is 26.0. The Morgan fingerprint density at radius 1 is 0.963 bits per heavy atom. The lowest BCUT2D eigenvalue weighted by Crippen LogP contribution is -2.62. The number of nitrogens with one attached hydrogen (secondary N) is 1. The van der Waals surface area contributed by atoms with Crippen LogP contribution in [0.15, 0.2) is 60.7 Å². The lowest BCUT2D eigenvalue weighted by molar-refractivity contribution is -0.152. The van der Waals surface area contributed by atoms with E-state index in [1.165, 1.54) is 7.11 Å². The van der Waals surface area contributed by atoms with Crippen LogP contribution in [0, 0.1) is 11.8 Å². The van der Waals surface area contributed by atoms with Crippen LogP contribution in [-0.2, 0) is 9.53 Å². The Morgan fingerprint density at radius 3 is 2.15 bits per heavy atom. The fraction of sp³-hybridized carbons (Fsp3) is 0.391. The van der Waals surface area contributed by atoms with Gasteiger partial charge in [0.05, 0.1) is 7.11 Å². The number of carbonyl (C=O) groups excluding carboxylic acids is 2. The molecular formula is C23H27NO3. The molecule has 0 aliphatic heterocycles. The number of methoxy groups -OCH3 is 1. The molecule has 27 heavy (non-hydrogen) atoms. The van der Waals surface area contributed by atoms with Crippen molar-refractivity contribution in [2.45, 2.75) is 38.1 Å². The summed E-state index contributed by atoms with van der Waals surface area (Å²) in [5.41, 5.74) is 0.517. The van der Waals surface area contributed by atoms with Gasteiger partial charge in [-0.2, -0.15) is 0 Å². The van der Waals surface area contributed by atoms with Gasteiger partial charge in [0.1, 0.15) is 5.54 Å². The van der Waals surface area contributed by atoms with Crippen LogP contribution in [0.25, 0.3) is 0 Å². The molecule has 4 atom stereocenters. The topological polar surface area (TPSA) is 55.4 Å². The Morgan fingerprint density at radius 2 is 1.56 bits per heavy atom. The number of hydrogen-bond donors (Lipinski definition) is 1. The molecule has 0 aromatic heterocycles. The lowest BCUT2D eigenvalue weighted by Gasteiger charge is -2.47. The first kappa shape index (κ1) is 19.2. The van der Waals surface area contributed by atoms with Crippen molar-refractivity contribution in [3.8, 4) is 0 Å². The number of ether oxygens (including phenoxy) is 1. The minimum atomic E-state index is -1.07. The summed E-state index contributed by atoms with van der Waals surface area (Å²) in [5.74, 6) is -0.0187. The van der Waals surface area contributed by atoms with Crippen LogP contribution in [0.5, 0.6) is 0 Å². The highest BCUT2D eigenvalue weighted by molar-refractivity contribution is 5.98. The van der Waals surface area contributed by atoms with Crippen molar-refractivity contribution in [1.82, 2.24) is 5.32 Å². The summed E-state index contributed by atoms with van der Waals surface area (Å²) < 4.78 is 5.21. The summed E-state index contributed by atoms with van der Waals surface area (Å²) >= 11 is 0. The van der Waals surface area contributed by atoms with Gasteiger partial charge in [0, 0.05) is 11.5 Å². The zero-order valence-corrected chi connectivity index (χ0v) is 16.1. The molecule has 4 heteroatoms. The van der Waals surface area contributed by atoms with E-state index in [9.17, 15) is 9.59 Å². The third kappa shape index (κ3) is 3.75. The van der Waals surface area contributed by atoms with E-state index in [4.69, 9.17) is 4.74 Å². The Bertz CT molecular complexity index is 790. The smallest absolute Gasteiger partial charge is 0.332 e. The molecule has 0 bridgehead atoms. The molecule has 1 saturated carbocycles. The van der Waals surface area contributed by atoms with Gasteiger partial charge < -0.3 is 10.1 Å². The summed E-state index contributed by atoms with van der Waals surface area (Å²) in [7, 11) is 1.39. The maximum absolute atomic E-state index is 13.1. The fourth-order valence-corrected chi connectivity index (χ4v) is 4.22. The van der Waals surface area contributed by atoms with Gasteiger partial charge in [0.25, 0.3) is 5.91 Å². The Kier molecular flexibility index (Phi) is 5.64. The average Bonchev–Trinajstić information content (AvgIpc) is 2.71. The largest absolute Gasteiger partial charge is 0.467 e. The van der Waals surface area contributed by atoms with E-state index in [-0.39, 0.29) is 17.8 Å². The van der Waals surface area contributed by atoms with E-state index < -0.39 is 5.54 Å². The normalized spacial score (nSPS) is 27.6. The SMILES string of the molecule is COC(=O)[C@@]1(NC(=O)c2ccccc2)C[C@@H](C)[C@@H](C)C[C@@H]1c1ccccc1. The number of benzene rings is 2. The quantitative estimate of drug-likeness (QED) is 0.827. The summed E-state index contributed by atoms with van der Waals surface area (Å²) in [6.07, 6.45) is 1.37. The molecule has 0 radical (unpaired) electrons. The molecule has 1 fully saturated rings. The Labute approximate surface area is 160 Å². The van der Waals surface area contributed by atoms with Crippen LogP contribution in [0.3, 0.4) is 0 Å². The molecule has 1 amide bonds. The second-order valence-corrected chi connectivity index (χ2v) is 7.64. The van der Waals surface area contributed by atoms with Gasteiger partial charge in [0.15, 0.2) is 0 Å². The number of amides is 1. The molecule has 0 heterocycles. The van der Waals surface area contributed by atoms with E-state index in [2.05, 4.69) is 19.2 Å². The first-order valence-electron chi connectivity index (χ1n) is 9.49. The molecule has 1 aliphatic rings. The predicted octanol–water partition coefficient (Wildman–Crippen LogP) is 4.18. The van der Waals surface area contributed by atoms with Crippen molar-refractivity contribution in [3.63, 3.8) is 0 Å². The third-order valence-corrected chi connectivity index (χ3v) is 5.94. The zero-order valence-electron chi connectivity index (χ0n) is 16.1. The highest BCUT2D eigenvalue weighted by Crippen LogP contribution is 2.46. The highest BCUT2D eigenvalue weighted by atomic mass is 16.5. The lowest BCUT2D eigenvalue weighted by atomic mass is 9.62. The maximum atomic E-state index is 13.1. The van der Waals surface area contributed by atoms with Crippen LogP contribution in [0.4, 0.5) is 0 Å². The molecule has 0 spiro atoms. The fourth-order valence-electron chi connectivity index (χ4n) is 4.22. The summed E-state index contributed by atoms with van der Waals surface area (Å²) in [5, 5.41) is 3.09. The molecule has 4 nitrogen and oxygen atoms in total. The zero-order chi connectivity index (χ0) is 19.4. The molecule has 2 aromatic rings. The van der Waals surface area contributed by atoms with Crippen LogP contribution >= 0.6 is 0 Å². The van der Waals surface area contributed by atoms with E-state index in [1.807, 2.05) is 48.5 Å². The minimum Gasteiger partial charge on any atom is -0.467 e. The van der Waals surface area contributed by atoms with E-state index in [0.717, 1.165) is 12.0 Å². The van der Waals surface area contributed by atoms with Crippen molar-refractivity contribution in [2.24, 2.45) is 11.8 Å². The van der Waals surface area contributed by atoms with Crippen LogP contribution in [-0.4, -0.2) is 24.5 Å². The first-order valence-corrected chi connectivity index (χ1v) is 9.49. The third-order valence-electron chi connectivity index (χ3n) is 5.94. The molecular weight excluding hydrogens is 338 g/mol. The second kappa shape index (κ2) is 7.95. The van der Waals surface area contributed by atoms with Gasteiger partial charge in [-0.1, -0.05) is 62.4 Å². The van der Waals surface area contributed by atoms with Gasteiger partial charge >= 0.3 is 5.97 Å². The number of hydrogen-bond acceptors (Lipinski definition) is 3. The summed E-state index contributed by atoms with van der Waals surface area (Å²) in [6, 6.07) is 19.0. The molecule has 1 N–H and O–H groups in total. The molecule has 0 unspecified atom stereocenters. The first-order chi connectivity index (χ1) is 13.0. The van der Waals surface area contributed by atoms with Gasteiger partial charge in [-0.3, -0.25) is 4.79 Å². The summed E-state index contributed by atoms with van der Waals surface area (Å²) in [6.45, 7) is 4.35. The van der Waals surface area contributed by atoms with Crippen molar-refractivity contribution in [3.05, 3.63) is 71.8 Å². The van der Waals surface area contributed by atoms with Crippen LogP contribution < -0.4 is 5.32 Å². The van der Waals surface area contributed by atoms with Crippen molar-refractivity contribution in [2.75, 3.05) is 7.11 Å². The van der Waals surface area contributed by atoms with Gasteiger partial charge in [-0.25, -0.2) is 4.79 Å². The number of rotatable bonds is 4. The standard InChI is InChI=1S/C23H27NO3/c1-16-14-20(18-10-6-4-7-11-18)23(15-17(16)2,22(26)27-3)24-21(25)19-12-8-5-9-13-19/h4-13,16-17,20H,14-15H2,1-3H3,(H,24,25)/t16-,17+,20+,23+/m0/s1. The second-order valence-electron chi connectivity index (χ2n) is 7.64. The van der Waals surface area contributed by atoms with Crippen molar-refractivity contribution < 1.29 is 14.3 Å². The average molecular weight is 365 g/mol. The van der Waals surface area contributed by atoms with E-state index in [1.54, 1.807) is 12.1 Å². The maximum Gasteiger partial charge on any atom is 0.332 e. The number of esters is 1. The molecule has 1 aliphatic carbocycles. The minimum absolute atomic E-state index is 0.134. The van der Waals surface area contributed by atoms with Gasteiger partial charge in [0.2, 0.25) is 0 Å². The van der Waals surface area contributed by atoms with Gasteiger partial charge in [-0.15, -0.1) is 0 Å². The van der Waals surface area contributed by atoms with Crippen LogP contribution in [0.2, 0.25) is 0 Å². The Hall–Kier alpha value is -2.62. The molecule has 142 valence electrons. The van der Waals surface area contributed by atoms with E-state index in [0.29, 0.717) is 23.8 Å². The Balaban J connectivity index is 2.05. The highest BCUT2D eigenvalue weighted by Gasteiger charge is 2.53. The molecule has 2 aromatic carbocycles. The van der Waals surface area contributed by atoms with Crippen LogP contribution in [0.1, 0.15) is 48.5 Å². The van der Waals surface area contributed by atoms with Gasteiger partial charge in [-0.05, 0) is 42.4 Å². The molecule has 3 rings (SSSR count). The van der Waals surface area contributed by atoms with Crippen molar-refractivity contribution >= 4 is 11.9 Å². The van der Waals surface area contributed by atoms with E-state index >= 15 is 0 Å². The monoisotopic (exact) mass is 365 g/mol. The molecule has 0 saturated heterocycles. The predicted molar refractivity (Wildman–Crippen MR) is 105 cm³/mol. The number of carbonyl (C=O) groups is 2.